The van der Waals surface area contributed by atoms with E-state index in [2.05, 4.69) is 19.2 Å². The van der Waals surface area contributed by atoms with Gasteiger partial charge in [0.15, 0.2) is 0 Å². The molecule has 1 aliphatic heterocycles. The minimum Gasteiger partial charge on any atom is -0.492 e. The van der Waals surface area contributed by atoms with Gasteiger partial charge in [0.25, 0.3) is 0 Å². The van der Waals surface area contributed by atoms with Crippen molar-refractivity contribution in [3.05, 3.63) is 29.8 Å². The molecule has 3 rings (SSSR count). The largest absolute Gasteiger partial charge is 0.492 e. The summed E-state index contributed by atoms with van der Waals surface area (Å²) in [6.45, 7) is 4.64. The summed E-state index contributed by atoms with van der Waals surface area (Å²) in [7, 11) is 0. The van der Waals surface area contributed by atoms with E-state index in [4.69, 9.17) is 10.5 Å². The van der Waals surface area contributed by atoms with Gasteiger partial charge < -0.3 is 15.8 Å². The molecule has 4 nitrogen and oxygen atoms in total. The molecule has 1 aliphatic carbocycles. The molecule has 0 saturated heterocycles. The summed E-state index contributed by atoms with van der Waals surface area (Å²) in [5, 5.41) is 3.12. The maximum atomic E-state index is 12.4. The molecule has 1 saturated carbocycles. The first-order valence-corrected chi connectivity index (χ1v) is 6.78. The third kappa shape index (κ3) is 1.91. The van der Waals surface area contributed by atoms with Crippen LogP contribution in [0.15, 0.2) is 24.3 Å². The molecule has 1 aromatic carbocycles. The molecular formula is C15H20N2O2. The number of benzene rings is 1. The Hall–Kier alpha value is -1.55. The molecule has 3 N–H and O–H groups in total. The summed E-state index contributed by atoms with van der Waals surface area (Å²) < 4.78 is 5.55. The fourth-order valence-corrected chi connectivity index (χ4v) is 2.86. The van der Waals surface area contributed by atoms with Gasteiger partial charge in [-0.15, -0.1) is 0 Å². The molecule has 3 atom stereocenters. The first-order chi connectivity index (χ1) is 9.00. The second-order valence-electron chi connectivity index (χ2n) is 6.13. The minimum atomic E-state index is -0.191. The van der Waals surface area contributed by atoms with Crippen LogP contribution in [-0.4, -0.2) is 24.6 Å². The van der Waals surface area contributed by atoms with Crippen molar-refractivity contribution in [1.82, 2.24) is 5.32 Å². The van der Waals surface area contributed by atoms with Crippen molar-refractivity contribution >= 4 is 5.91 Å². The number of rotatable bonds is 2. The van der Waals surface area contributed by atoms with Crippen molar-refractivity contribution in [3.8, 4) is 5.75 Å². The van der Waals surface area contributed by atoms with E-state index >= 15 is 0 Å². The van der Waals surface area contributed by atoms with Crippen LogP contribution < -0.4 is 15.8 Å². The molecule has 0 spiro atoms. The van der Waals surface area contributed by atoms with E-state index in [0.29, 0.717) is 6.61 Å². The van der Waals surface area contributed by atoms with Gasteiger partial charge in [-0.1, -0.05) is 32.0 Å². The number of fused-ring (bicyclic) bond motifs is 1. The van der Waals surface area contributed by atoms with Crippen LogP contribution in [0.5, 0.6) is 5.75 Å². The van der Waals surface area contributed by atoms with Crippen molar-refractivity contribution in [2.75, 3.05) is 6.61 Å². The van der Waals surface area contributed by atoms with E-state index in [1.165, 1.54) is 0 Å². The number of hydrogen-bond acceptors (Lipinski definition) is 3. The SMILES string of the molecule is CC1(C)C(N)CC1NC(=O)C1COc2ccccc21. The lowest BCUT2D eigenvalue weighted by atomic mass is 9.63. The van der Waals surface area contributed by atoms with E-state index in [1.807, 2.05) is 24.3 Å². The number of nitrogens with one attached hydrogen (secondary N) is 1. The maximum Gasteiger partial charge on any atom is 0.231 e. The average Bonchev–Trinajstić information content (AvgIpc) is 2.82. The normalized spacial score (nSPS) is 31.0. The smallest absolute Gasteiger partial charge is 0.231 e. The number of carbonyl (C=O) groups excluding carboxylic acids is 1. The van der Waals surface area contributed by atoms with Crippen LogP contribution in [0.4, 0.5) is 0 Å². The van der Waals surface area contributed by atoms with E-state index < -0.39 is 0 Å². The van der Waals surface area contributed by atoms with E-state index in [-0.39, 0.29) is 29.3 Å². The molecule has 102 valence electrons. The highest BCUT2D eigenvalue weighted by atomic mass is 16.5. The maximum absolute atomic E-state index is 12.4. The third-order valence-electron chi connectivity index (χ3n) is 4.68. The van der Waals surface area contributed by atoms with Crippen molar-refractivity contribution in [3.63, 3.8) is 0 Å². The predicted molar refractivity (Wildman–Crippen MR) is 73.0 cm³/mol. The van der Waals surface area contributed by atoms with Crippen molar-refractivity contribution < 1.29 is 9.53 Å². The summed E-state index contributed by atoms with van der Waals surface area (Å²) >= 11 is 0. The van der Waals surface area contributed by atoms with Gasteiger partial charge in [-0.05, 0) is 12.5 Å². The summed E-state index contributed by atoms with van der Waals surface area (Å²) in [5.74, 6) is 0.686. The zero-order chi connectivity index (χ0) is 13.6. The number of hydrogen-bond donors (Lipinski definition) is 2. The van der Waals surface area contributed by atoms with Crippen LogP contribution in [0.1, 0.15) is 31.7 Å². The lowest BCUT2D eigenvalue weighted by Gasteiger charge is -2.50. The van der Waals surface area contributed by atoms with Gasteiger partial charge in [0.2, 0.25) is 5.91 Å². The van der Waals surface area contributed by atoms with Crippen LogP contribution in [-0.2, 0) is 4.79 Å². The van der Waals surface area contributed by atoms with E-state index in [0.717, 1.165) is 17.7 Å². The van der Waals surface area contributed by atoms with Crippen LogP contribution in [0.3, 0.4) is 0 Å². The van der Waals surface area contributed by atoms with Gasteiger partial charge in [-0.25, -0.2) is 0 Å². The van der Waals surface area contributed by atoms with Crippen molar-refractivity contribution in [2.45, 2.75) is 38.3 Å². The molecule has 1 amide bonds. The summed E-state index contributed by atoms with van der Waals surface area (Å²) in [6, 6.07) is 8.08. The standard InChI is InChI=1S/C15H20N2O2/c1-15(2)12(16)7-13(15)17-14(18)10-8-19-11-6-4-3-5-9(10)11/h3-6,10,12-13H,7-8,16H2,1-2H3,(H,17,18). The molecule has 0 radical (unpaired) electrons. The number of amides is 1. The summed E-state index contributed by atoms with van der Waals surface area (Å²) in [6.07, 6.45) is 0.855. The number of para-hydroxylation sites is 1. The number of nitrogens with two attached hydrogens (primary N) is 1. The zero-order valence-corrected chi connectivity index (χ0v) is 11.3. The Labute approximate surface area is 113 Å². The van der Waals surface area contributed by atoms with Gasteiger partial charge in [0.1, 0.15) is 18.3 Å². The fourth-order valence-electron chi connectivity index (χ4n) is 2.86. The topological polar surface area (TPSA) is 64.3 Å². The van der Waals surface area contributed by atoms with Crippen molar-refractivity contribution in [2.24, 2.45) is 11.1 Å². The molecule has 1 fully saturated rings. The Morgan fingerprint density at radius 2 is 2.16 bits per heavy atom. The van der Waals surface area contributed by atoms with E-state index in [9.17, 15) is 4.79 Å². The highest BCUT2D eigenvalue weighted by Crippen LogP contribution is 2.40. The first-order valence-electron chi connectivity index (χ1n) is 6.78. The Bertz CT molecular complexity index is 513. The van der Waals surface area contributed by atoms with Crippen LogP contribution in [0.2, 0.25) is 0 Å². The lowest BCUT2D eigenvalue weighted by Crippen LogP contribution is -2.64. The minimum absolute atomic E-state index is 0.0192. The molecule has 19 heavy (non-hydrogen) atoms. The monoisotopic (exact) mass is 260 g/mol. The molecule has 1 heterocycles. The predicted octanol–water partition coefficient (Wildman–Crippen LogP) is 1.40. The lowest BCUT2D eigenvalue weighted by molar-refractivity contribution is -0.126. The second kappa shape index (κ2) is 4.23. The molecule has 3 unspecified atom stereocenters. The molecular weight excluding hydrogens is 240 g/mol. The van der Waals surface area contributed by atoms with Crippen LogP contribution >= 0.6 is 0 Å². The Morgan fingerprint density at radius 1 is 1.42 bits per heavy atom. The highest BCUT2D eigenvalue weighted by molar-refractivity contribution is 5.85. The number of carbonyl (C=O) groups is 1. The van der Waals surface area contributed by atoms with Gasteiger partial charge in [-0.3, -0.25) is 4.79 Å². The zero-order valence-electron chi connectivity index (χ0n) is 11.3. The van der Waals surface area contributed by atoms with Crippen molar-refractivity contribution in [1.29, 1.82) is 0 Å². The first kappa shape index (κ1) is 12.5. The summed E-state index contributed by atoms with van der Waals surface area (Å²) in [4.78, 5) is 12.4. The van der Waals surface area contributed by atoms with Gasteiger partial charge >= 0.3 is 0 Å². The van der Waals surface area contributed by atoms with Crippen LogP contribution in [0.25, 0.3) is 0 Å². The molecule has 0 bridgehead atoms. The summed E-state index contributed by atoms with van der Waals surface area (Å²) in [5.41, 5.74) is 6.94. The van der Waals surface area contributed by atoms with Crippen LogP contribution in [0, 0.1) is 5.41 Å². The quantitative estimate of drug-likeness (QED) is 0.845. The highest BCUT2D eigenvalue weighted by Gasteiger charge is 2.47. The second-order valence-corrected chi connectivity index (χ2v) is 6.13. The molecule has 1 aromatic rings. The Morgan fingerprint density at radius 3 is 2.84 bits per heavy atom. The van der Waals surface area contributed by atoms with Gasteiger partial charge in [-0.2, -0.15) is 0 Å². The molecule has 0 aromatic heterocycles. The van der Waals surface area contributed by atoms with E-state index in [1.54, 1.807) is 0 Å². The third-order valence-corrected chi connectivity index (χ3v) is 4.68. The Balaban J connectivity index is 1.70. The number of ether oxygens (including phenoxy) is 1. The Kier molecular flexibility index (Phi) is 2.78. The molecule has 4 heteroatoms. The molecule has 2 aliphatic rings. The van der Waals surface area contributed by atoms with Gasteiger partial charge in [0.05, 0.1) is 0 Å². The average molecular weight is 260 g/mol. The fraction of sp³-hybridized carbons (Fsp3) is 0.533. The van der Waals surface area contributed by atoms with Gasteiger partial charge in [0, 0.05) is 23.1 Å².